The molecule has 0 bridgehead atoms. The van der Waals surface area contributed by atoms with Crippen molar-refractivity contribution in [2.45, 2.75) is 25.5 Å². The molecule has 1 saturated heterocycles. The molecule has 0 spiro atoms. The van der Waals surface area contributed by atoms with E-state index in [0.29, 0.717) is 34.3 Å². The van der Waals surface area contributed by atoms with Crippen molar-refractivity contribution in [2.24, 2.45) is 0 Å². The SMILES string of the molecule is O=C(NC[C@@H]1CCCO1)c1ccc2c(=O)n(Cc3ccccc3)c(=S)[nH]c2c1. The van der Waals surface area contributed by atoms with Crippen molar-refractivity contribution in [3.63, 3.8) is 0 Å². The molecule has 1 fully saturated rings. The summed E-state index contributed by atoms with van der Waals surface area (Å²) in [5.41, 5.74) is 1.86. The highest BCUT2D eigenvalue weighted by molar-refractivity contribution is 7.71. The molecule has 0 radical (unpaired) electrons. The lowest BCUT2D eigenvalue weighted by atomic mass is 10.1. The Morgan fingerprint density at radius 2 is 2.07 bits per heavy atom. The van der Waals surface area contributed by atoms with E-state index in [1.807, 2.05) is 30.3 Å². The van der Waals surface area contributed by atoms with Gasteiger partial charge in [0.15, 0.2) is 4.77 Å². The maximum absolute atomic E-state index is 12.9. The van der Waals surface area contributed by atoms with Gasteiger partial charge < -0.3 is 15.0 Å². The van der Waals surface area contributed by atoms with Crippen LogP contribution in [-0.2, 0) is 11.3 Å². The third kappa shape index (κ3) is 3.90. The smallest absolute Gasteiger partial charge is 0.262 e. The number of carbonyl (C=O) groups is 1. The normalized spacial score (nSPS) is 16.4. The molecule has 4 rings (SSSR count). The standard InChI is InChI=1S/C21H21N3O3S/c25-19(22-12-16-7-4-10-27-16)15-8-9-17-18(11-15)23-21(28)24(20(17)26)13-14-5-2-1-3-6-14/h1-3,5-6,8-9,11,16H,4,7,10,12-13H2,(H,22,25)(H,23,28)/t16-/m0/s1. The van der Waals surface area contributed by atoms with Gasteiger partial charge in [-0.05, 0) is 48.8 Å². The predicted octanol–water partition coefficient (Wildman–Crippen LogP) is 3.02. The molecule has 0 aliphatic carbocycles. The summed E-state index contributed by atoms with van der Waals surface area (Å²) in [6.07, 6.45) is 2.08. The Morgan fingerprint density at radius 3 is 2.82 bits per heavy atom. The topological polar surface area (TPSA) is 76.1 Å². The van der Waals surface area contributed by atoms with Crippen molar-refractivity contribution in [3.8, 4) is 0 Å². The maximum atomic E-state index is 12.9. The van der Waals surface area contributed by atoms with Gasteiger partial charge in [0, 0.05) is 18.7 Å². The number of H-pyrrole nitrogens is 1. The number of aromatic nitrogens is 2. The Kier molecular flexibility index (Phi) is 5.36. The van der Waals surface area contributed by atoms with E-state index < -0.39 is 0 Å². The number of fused-ring (bicyclic) bond motifs is 1. The highest BCUT2D eigenvalue weighted by Gasteiger charge is 2.17. The lowest BCUT2D eigenvalue weighted by molar-refractivity contribution is 0.0858. The van der Waals surface area contributed by atoms with Crippen molar-refractivity contribution >= 4 is 29.0 Å². The largest absolute Gasteiger partial charge is 0.376 e. The number of hydrogen-bond acceptors (Lipinski definition) is 4. The van der Waals surface area contributed by atoms with E-state index in [0.717, 1.165) is 25.0 Å². The van der Waals surface area contributed by atoms with E-state index in [4.69, 9.17) is 17.0 Å². The van der Waals surface area contributed by atoms with Gasteiger partial charge in [0.25, 0.3) is 11.5 Å². The molecule has 1 amide bonds. The Morgan fingerprint density at radius 1 is 1.25 bits per heavy atom. The van der Waals surface area contributed by atoms with E-state index in [1.54, 1.807) is 18.2 Å². The zero-order valence-electron chi connectivity index (χ0n) is 15.3. The van der Waals surface area contributed by atoms with Crippen LogP contribution in [0.5, 0.6) is 0 Å². The number of aromatic amines is 1. The van der Waals surface area contributed by atoms with Crippen molar-refractivity contribution in [1.29, 1.82) is 0 Å². The highest BCUT2D eigenvalue weighted by Crippen LogP contribution is 2.13. The summed E-state index contributed by atoms with van der Waals surface area (Å²) < 4.78 is 7.39. The molecule has 6 nitrogen and oxygen atoms in total. The van der Waals surface area contributed by atoms with Crippen LogP contribution in [0.3, 0.4) is 0 Å². The molecule has 2 heterocycles. The second kappa shape index (κ2) is 8.08. The molecule has 0 unspecified atom stereocenters. The molecule has 7 heteroatoms. The average molecular weight is 395 g/mol. The molecule has 28 heavy (non-hydrogen) atoms. The monoisotopic (exact) mass is 395 g/mol. The first-order chi connectivity index (χ1) is 13.6. The first-order valence-electron chi connectivity index (χ1n) is 9.32. The third-order valence-electron chi connectivity index (χ3n) is 4.94. The molecule has 2 aromatic carbocycles. The number of amides is 1. The van der Waals surface area contributed by atoms with Gasteiger partial charge in [-0.2, -0.15) is 0 Å². The number of nitrogens with zero attached hydrogens (tertiary/aromatic N) is 1. The van der Waals surface area contributed by atoms with Gasteiger partial charge in [-0.3, -0.25) is 14.2 Å². The van der Waals surface area contributed by atoms with Crippen LogP contribution >= 0.6 is 12.2 Å². The average Bonchev–Trinajstić information content (AvgIpc) is 3.23. The number of rotatable bonds is 5. The number of ether oxygens (including phenoxy) is 1. The summed E-state index contributed by atoms with van der Waals surface area (Å²) in [5.74, 6) is -0.190. The van der Waals surface area contributed by atoms with E-state index in [-0.39, 0.29) is 17.6 Å². The van der Waals surface area contributed by atoms with Gasteiger partial charge >= 0.3 is 0 Å². The van der Waals surface area contributed by atoms with Crippen LogP contribution in [0.25, 0.3) is 10.9 Å². The highest BCUT2D eigenvalue weighted by atomic mass is 32.1. The summed E-state index contributed by atoms with van der Waals surface area (Å²) in [6, 6.07) is 14.7. The summed E-state index contributed by atoms with van der Waals surface area (Å²) in [6.45, 7) is 1.64. The van der Waals surface area contributed by atoms with Gasteiger partial charge in [0.2, 0.25) is 0 Å². The maximum Gasteiger partial charge on any atom is 0.262 e. The second-order valence-corrected chi connectivity index (χ2v) is 7.30. The van der Waals surface area contributed by atoms with Crippen LogP contribution in [-0.4, -0.2) is 34.7 Å². The first kappa shape index (κ1) is 18.6. The van der Waals surface area contributed by atoms with Gasteiger partial charge in [-0.1, -0.05) is 30.3 Å². The lowest BCUT2D eigenvalue weighted by Crippen LogP contribution is -2.31. The zero-order chi connectivity index (χ0) is 19.5. The van der Waals surface area contributed by atoms with Gasteiger partial charge in [-0.25, -0.2) is 0 Å². The molecule has 144 valence electrons. The summed E-state index contributed by atoms with van der Waals surface area (Å²) in [7, 11) is 0. The van der Waals surface area contributed by atoms with Crippen LogP contribution in [0.4, 0.5) is 0 Å². The third-order valence-corrected chi connectivity index (χ3v) is 5.26. The molecule has 2 N–H and O–H groups in total. The molecular weight excluding hydrogens is 374 g/mol. The van der Waals surface area contributed by atoms with Crippen molar-refractivity contribution in [3.05, 3.63) is 74.8 Å². The van der Waals surface area contributed by atoms with Gasteiger partial charge in [-0.15, -0.1) is 0 Å². The molecule has 0 saturated carbocycles. The van der Waals surface area contributed by atoms with Crippen LogP contribution < -0.4 is 10.9 Å². The minimum atomic E-state index is -0.190. The molecule has 1 aromatic heterocycles. The Labute approximate surface area is 167 Å². The first-order valence-corrected chi connectivity index (χ1v) is 9.73. The number of carbonyl (C=O) groups excluding carboxylic acids is 1. The zero-order valence-corrected chi connectivity index (χ0v) is 16.1. The van der Waals surface area contributed by atoms with E-state index in [1.165, 1.54) is 4.57 Å². The van der Waals surface area contributed by atoms with Crippen molar-refractivity contribution in [1.82, 2.24) is 14.9 Å². The molecule has 1 atom stereocenters. The fourth-order valence-corrected chi connectivity index (χ4v) is 3.68. The van der Waals surface area contributed by atoms with Crippen molar-refractivity contribution in [2.75, 3.05) is 13.2 Å². The molecule has 3 aromatic rings. The summed E-state index contributed by atoms with van der Waals surface area (Å²) in [4.78, 5) is 28.4. The second-order valence-electron chi connectivity index (χ2n) is 6.91. The fraction of sp³-hybridized carbons (Fsp3) is 0.286. The van der Waals surface area contributed by atoms with E-state index >= 15 is 0 Å². The van der Waals surface area contributed by atoms with Crippen LogP contribution in [0.2, 0.25) is 0 Å². The fourth-order valence-electron chi connectivity index (χ4n) is 3.42. The van der Waals surface area contributed by atoms with Gasteiger partial charge in [0.05, 0.1) is 23.6 Å². The van der Waals surface area contributed by atoms with Crippen LogP contribution in [0, 0.1) is 4.77 Å². The molecule has 1 aliphatic heterocycles. The summed E-state index contributed by atoms with van der Waals surface area (Å²) >= 11 is 5.39. The van der Waals surface area contributed by atoms with Crippen LogP contribution in [0.15, 0.2) is 53.3 Å². The minimum absolute atomic E-state index is 0.0837. The summed E-state index contributed by atoms with van der Waals surface area (Å²) in [5, 5.41) is 3.39. The number of hydrogen-bond donors (Lipinski definition) is 2. The molecule has 1 aliphatic rings. The Bertz CT molecular complexity index is 1120. The van der Waals surface area contributed by atoms with Crippen LogP contribution in [0.1, 0.15) is 28.8 Å². The number of nitrogens with one attached hydrogen (secondary N) is 2. The quantitative estimate of drug-likeness (QED) is 0.651. The van der Waals surface area contributed by atoms with Crippen molar-refractivity contribution < 1.29 is 9.53 Å². The number of benzene rings is 2. The van der Waals surface area contributed by atoms with Gasteiger partial charge in [0.1, 0.15) is 0 Å². The Hall–Kier alpha value is -2.77. The predicted molar refractivity (Wildman–Crippen MR) is 110 cm³/mol. The van der Waals surface area contributed by atoms with E-state index in [9.17, 15) is 9.59 Å². The molecular formula is C21H21N3O3S. The Balaban J connectivity index is 1.60. The van der Waals surface area contributed by atoms with E-state index in [2.05, 4.69) is 10.3 Å². The lowest BCUT2D eigenvalue weighted by Gasteiger charge is -2.12. The minimum Gasteiger partial charge on any atom is -0.376 e.